The van der Waals surface area contributed by atoms with E-state index in [2.05, 4.69) is 23.8 Å². The molecular weight excluding hydrogens is 260 g/mol. The SMILES string of the molecule is COc1ccccc1-c1nc(Cl)cc(CC(C)C)n1. The molecule has 0 N–H and O–H groups in total. The van der Waals surface area contributed by atoms with E-state index in [9.17, 15) is 0 Å². The number of ether oxygens (including phenoxy) is 1. The number of para-hydroxylation sites is 1. The molecule has 0 amide bonds. The van der Waals surface area contributed by atoms with Crippen molar-refractivity contribution in [2.75, 3.05) is 7.11 Å². The second kappa shape index (κ2) is 6.02. The van der Waals surface area contributed by atoms with Crippen molar-refractivity contribution < 1.29 is 4.74 Å². The van der Waals surface area contributed by atoms with Gasteiger partial charge in [0.15, 0.2) is 5.82 Å². The largest absolute Gasteiger partial charge is 0.496 e. The fourth-order valence-electron chi connectivity index (χ4n) is 1.94. The Morgan fingerprint density at radius 3 is 2.63 bits per heavy atom. The lowest BCUT2D eigenvalue weighted by atomic mass is 10.1. The average molecular weight is 277 g/mol. The van der Waals surface area contributed by atoms with E-state index in [1.165, 1.54) is 0 Å². The van der Waals surface area contributed by atoms with Gasteiger partial charge in [-0.1, -0.05) is 37.6 Å². The Hall–Kier alpha value is -1.61. The standard InChI is InChI=1S/C15H17ClN2O/c1-10(2)8-11-9-14(16)18-15(17-11)12-6-4-5-7-13(12)19-3/h4-7,9-10H,8H2,1-3H3. The molecule has 0 spiro atoms. The van der Waals surface area contributed by atoms with Crippen LogP contribution in [-0.4, -0.2) is 17.1 Å². The van der Waals surface area contributed by atoms with Crippen LogP contribution in [0.3, 0.4) is 0 Å². The van der Waals surface area contributed by atoms with Crippen LogP contribution in [0.25, 0.3) is 11.4 Å². The quantitative estimate of drug-likeness (QED) is 0.792. The van der Waals surface area contributed by atoms with E-state index in [0.29, 0.717) is 16.9 Å². The van der Waals surface area contributed by atoms with Gasteiger partial charge in [-0.2, -0.15) is 0 Å². The van der Waals surface area contributed by atoms with E-state index in [-0.39, 0.29) is 0 Å². The van der Waals surface area contributed by atoms with E-state index in [1.54, 1.807) is 7.11 Å². The minimum Gasteiger partial charge on any atom is -0.496 e. The Morgan fingerprint density at radius 1 is 1.21 bits per heavy atom. The molecule has 0 aliphatic rings. The lowest BCUT2D eigenvalue weighted by molar-refractivity contribution is 0.416. The van der Waals surface area contributed by atoms with Gasteiger partial charge in [0.25, 0.3) is 0 Å². The summed E-state index contributed by atoms with van der Waals surface area (Å²) in [4.78, 5) is 8.87. The number of methoxy groups -OCH3 is 1. The first-order valence-electron chi connectivity index (χ1n) is 6.27. The first-order valence-corrected chi connectivity index (χ1v) is 6.64. The molecule has 0 saturated carbocycles. The second-order valence-corrected chi connectivity index (χ2v) is 5.19. The van der Waals surface area contributed by atoms with E-state index in [1.807, 2.05) is 30.3 Å². The van der Waals surface area contributed by atoms with Crippen molar-refractivity contribution in [3.8, 4) is 17.1 Å². The Morgan fingerprint density at radius 2 is 1.95 bits per heavy atom. The van der Waals surface area contributed by atoms with Crippen LogP contribution in [0, 0.1) is 5.92 Å². The van der Waals surface area contributed by atoms with Crippen molar-refractivity contribution in [2.45, 2.75) is 20.3 Å². The molecule has 1 heterocycles. The predicted molar refractivity (Wildman–Crippen MR) is 77.6 cm³/mol. The van der Waals surface area contributed by atoms with Gasteiger partial charge >= 0.3 is 0 Å². The summed E-state index contributed by atoms with van der Waals surface area (Å²) in [5, 5.41) is 0.464. The molecule has 0 fully saturated rings. The van der Waals surface area contributed by atoms with Gasteiger partial charge in [0.1, 0.15) is 10.9 Å². The molecule has 0 saturated heterocycles. The molecule has 2 aromatic rings. The highest BCUT2D eigenvalue weighted by molar-refractivity contribution is 6.29. The maximum atomic E-state index is 6.09. The predicted octanol–water partition coefficient (Wildman–Crippen LogP) is 4.00. The summed E-state index contributed by atoms with van der Waals surface area (Å²) in [5.41, 5.74) is 1.81. The summed E-state index contributed by atoms with van der Waals surface area (Å²) in [5.74, 6) is 1.89. The Kier molecular flexibility index (Phi) is 4.38. The number of hydrogen-bond donors (Lipinski definition) is 0. The smallest absolute Gasteiger partial charge is 0.164 e. The highest BCUT2D eigenvalue weighted by atomic mass is 35.5. The number of hydrogen-bond acceptors (Lipinski definition) is 3. The highest BCUT2D eigenvalue weighted by Crippen LogP contribution is 2.28. The van der Waals surface area contributed by atoms with Gasteiger partial charge in [0.2, 0.25) is 0 Å². The van der Waals surface area contributed by atoms with Crippen molar-refractivity contribution in [3.63, 3.8) is 0 Å². The molecular formula is C15H17ClN2O. The van der Waals surface area contributed by atoms with Gasteiger partial charge in [0, 0.05) is 5.69 Å². The van der Waals surface area contributed by atoms with Crippen molar-refractivity contribution in [2.24, 2.45) is 5.92 Å². The van der Waals surface area contributed by atoms with Crippen molar-refractivity contribution in [3.05, 3.63) is 41.2 Å². The van der Waals surface area contributed by atoms with Crippen LogP contribution in [0.1, 0.15) is 19.5 Å². The average Bonchev–Trinajstić information content (AvgIpc) is 2.37. The molecule has 0 radical (unpaired) electrons. The van der Waals surface area contributed by atoms with Crippen LogP contribution in [-0.2, 0) is 6.42 Å². The zero-order valence-corrected chi connectivity index (χ0v) is 12.1. The zero-order chi connectivity index (χ0) is 13.8. The molecule has 1 aromatic heterocycles. The Bertz CT molecular complexity index is 570. The maximum absolute atomic E-state index is 6.09. The van der Waals surface area contributed by atoms with Gasteiger partial charge < -0.3 is 4.74 Å². The first-order chi connectivity index (χ1) is 9.10. The molecule has 0 aliphatic heterocycles. The molecule has 0 atom stereocenters. The van der Waals surface area contributed by atoms with Crippen LogP contribution in [0.4, 0.5) is 0 Å². The first kappa shape index (κ1) is 13.8. The lowest BCUT2D eigenvalue weighted by Crippen LogP contribution is -2.01. The summed E-state index contributed by atoms with van der Waals surface area (Å²) in [6.45, 7) is 4.30. The molecule has 3 nitrogen and oxygen atoms in total. The summed E-state index contributed by atoms with van der Waals surface area (Å²) in [6.07, 6.45) is 0.879. The molecule has 4 heteroatoms. The van der Waals surface area contributed by atoms with Crippen molar-refractivity contribution >= 4 is 11.6 Å². The van der Waals surface area contributed by atoms with E-state index >= 15 is 0 Å². The Balaban J connectivity index is 2.47. The third-order valence-corrected chi connectivity index (χ3v) is 2.91. The molecule has 100 valence electrons. The van der Waals surface area contributed by atoms with Gasteiger partial charge in [-0.05, 0) is 30.5 Å². The molecule has 1 aromatic carbocycles. The van der Waals surface area contributed by atoms with Crippen LogP contribution in [0.15, 0.2) is 30.3 Å². The number of aromatic nitrogens is 2. The molecule has 2 rings (SSSR count). The summed E-state index contributed by atoms with van der Waals surface area (Å²) >= 11 is 6.09. The molecule has 0 aliphatic carbocycles. The fourth-order valence-corrected chi connectivity index (χ4v) is 2.14. The highest BCUT2D eigenvalue weighted by Gasteiger charge is 2.11. The van der Waals surface area contributed by atoms with Gasteiger partial charge in [-0.3, -0.25) is 0 Å². The molecule has 0 unspecified atom stereocenters. The lowest BCUT2D eigenvalue weighted by Gasteiger charge is -2.10. The van der Waals surface area contributed by atoms with E-state index in [0.717, 1.165) is 23.4 Å². The van der Waals surface area contributed by atoms with Gasteiger partial charge in [-0.15, -0.1) is 0 Å². The van der Waals surface area contributed by atoms with Gasteiger partial charge in [0.05, 0.1) is 12.7 Å². The minimum atomic E-state index is 0.464. The topological polar surface area (TPSA) is 35.0 Å². The summed E-state index contributed by atoms with van der Waals surface area (Å²) in [6, 6.07) is 9.50. The maximum Gasteiger partial charge on any atom is 0.164 e. The fraction of sp³-hybridized carbons (Fsp3) is 0.333. The van der Waals surface area contributed by atoms with Crippen LogP contribution >= 0.6 is 11.6 Å². The number of nitrogens with zero attached hydrogens (tertiary/aromatic N) is 2. The van der Waals surface area contributed by atoms with Gasteiger partial charge in [-0.25, -0.2) is 9.97 Å². The van der Waals surface area contributed by atoms with Crippen molar-refractivity contribution in [1.82, 2.24) is 9.97 Å². The second-order valence-electron chi connectivity index (χ2n) is 4.80. The molecule has 0 bridgehead atoms. The third kappa shape index (κ3) is 3.44. The Labute approximate surface area is 118 Å². The minimum absolute atomic E-state index is 0.464. The number of benzene rings is 1. The zero-order valence-electron chi connectivity index (χ0n) is 11.4. The number of halogens is 1. The van der Waals surface area contributed by atoms with E-state index in [4.69, 9.17) is 16.3 Å². The van der Waals surface area contributed by atoms with Crippen LogP contribution in [0.5, 0.6) is 5.75 Å². The monoisotopic (exact) mass is 276 g/mol. The van der Waals surface area contributed by atoms with Crippen LogP contribution in [0.2, 0.25) is 5.15 Å². The summed E-state index contributed by atoms with van der Waals surface area (Å²) < 4.78 is 5.34. The normalized spacial score (nSPS) is 10.8. The summed E-state index contributed by atoms with van der Waals surface area (Å²) in [7, 11) is 1.64. The molecule has 19 heavy (non-hydrogen) atoms. The van der Waals surface area contributed by atoms with Crippen LogP contribution < -0.4 is 4.74 Å². The third-order valence-electron chi connectivity index (χ3n) is 2.71. The van der Waals surface area contributed by atoms with E-state index < -0.39 is 0 Å². The van der Waals surface area contributed by atoms with Crippen molar-refractivity contribution in [1.29, 1.82) is 0 Å². The number of rotatable bonds is 4.